The van der Waals surface area contributed by atoms with E-state index in [1.165, 1.54) is 16.9 Å². The SMILES string of the molecule is O=C(Nc1cccc2[nH]c(=O)oc12)c1cnn(-c2ccccc2F)c1-n1cccc1. The Morgan fingerprint density at radius 3 is 2.67 bits per heavy atom. The van der Waals surface area contributed by atoms with Crippen LogP contribution in [-0.2, 0) is 0 Å². The van der Waals surface area contributed by atoms with Crippen LogP contribution >= 0.6 is 0 Å². The van der Waals surface area contributed by atoms with Gasteiger partial charge < -0.3 is 14.3 Å². The number of hydrogen-bond donors (Lipinski definition) is 2. The molecule has 0 radical (unpaired) electrons. The van der Waals surface area contributed by atoms with Gasteiger partial charge in [-0.15, -0.1) is 0 Å². The van der Waals surface area contributed by atoms with Crippen molar-refractivity contribution in [3.63, 3.8) is 0 Å². The van der Waals surface area contributed by atoms with Gasteiger partial charge >= 0.3 is 5.76 Å². The van der Waals surface area contributed by atoms with E-state index < -0.39 is 17.5 Å². The Labute approximate surface area is 168 Å². The second-order valence-electron chi connectivity index (χ2n) is 6.49. The molecule has 2 N–H and O–H groups in total. The number of anilines is 1. The van der Waals surface area contributed by atoms with Crippen molar-refractivity contribution in [2.75, 3.05) is 5.32 Å². The summed E-state index contributed by atoms with van der Waals surface area (Å²) in [6, 6.07) is 14.7. The molecule has 0 aliphatic rings. The van der Waals surface area contributed by atoms with Crippen molar-refractivity contribution >= 4 is 22.7 Å². The van der Waals surface area contributed by atoms with Crippen LogP contribution in [0.4, 0.5) is 10.1 Å². The number of nitrogens with one attached hydrogen (secondary N) is 2. The van der Waals surface area contributed by atoms with Gasteiger partial charge in [0.1, 0.15) is 17.1 Å². The van der Waals surface area contributed by atoms with Crippen LogP contribution in [0, 0.1) is 5.82 Å². The number of amides is 1. The molecule has 0 fully saturated rings. The van der Waals surface area contributed by atoms with E-state index in [4.69, 9.17) is 4.42 Å². The number of aromatic amines is 1. The molecule has 0 saturated heterocycles. The summed E-state index contributed by atoms with van der Waals surface area (Å²) in [5.74, 6) is -1.21. The van der Waals surface area contributed by atoms with Crippen LogP contribution < -0.4 is 11.1 Å². The maximum atomic E-state index is 14.4. The zero-order chi connectivity index (χ0) is 20.7. The number of halogens is 1. The summed E-state index contributed by atoms with van der Waals surface area (Å²) in [6.45, 7) is 0. The standard InChI is InChI=1S/C21H14FN5O3/c22-14-6-1-2-9-17(14)27-20(26-10-3-4-11-26)13(12-23-27)19(28)24-15-7-5-8-16-18(15)30-21(29)25-16/h1-12H,(H,24,28)(H,25,29). The van der Waals surface area contributed by atoms with Crippen molar-refractivity contribution in [3.8, 4) is 11.5 Å². The molecule has 5 rings (SSSR count). The maximum absolute atomic E-state index is 14.4. The molecule has 3 heterocycles. The molecule has 0 saturated carbocycles. The van der Waals surface area contributed by atoms with Crippen LogP contribution in [0.25, 0.3) is 22.6 Å². The lowest BCUT2D eigenvalue weighted by Gasteiger charge is -2.12. The number of para-hydroxylation sites is 2. The van der Waals surface area contributed by atoms with E-state index >= 15 is 0 Å². The highest BCUT2D eigenvalue weighted by Gasteiger charge is 2.22. The monoisotopic (exact) mass is 403 g/mol. The largest absolute Gasteiger partial charge is 0.417 e. The highest BCUT2D eigenvalue weighted by atomic mass is 19.1. The van der Waals surface area contributed by atoms with Gasteiger partial charge in [0.05, 0.1) is 17.4 Å². The summed E-state index contributed by atoms with van der Waals surface area (Å²) in [6.07, 6.45) is 4.83. The summed E-state index contributed by atoms with van der Waals surface area (Å²) in [4.78, 5) is 27.2. The Morgan fingerprint density at radius 1 is 1.07 bits per heavy atom. The molecule has 9 heteroatoms. The average Bonchev–Trinajstić information content (AvgIpc) is 3.47. The van der Waals surface area contributed by atoms with Gasteiger partial charge in [-0.3, -0.25) is 9.78 Å². The van der Waals surface area contributed by atoms with Crippen molar-refractivity contribution in [2.24, 2.45) is 0 Å². The molecule has 30 heavy (non-hydrogen) atoms. The maximum Gasteiger partial charge on any atom is 0.417 e. The molecule has 8 nitrogen and oxygen atoms in total. The average molecular weight is 403 g/mol. The predicted molar refractivity (Wildman–Crippen MR) is 108 cm³/mol. The Hall–Kier alpha value is -4.40. The van der Waals surface area contributed by atoms with Gasteiger partial charge in [0, 0.05) is 12.4 Å². The number of rotatable bonds is 4. The minimum atomic E-state index is -0.618. The molecule has 148 valence electrons. The Morgan fingerprint density at radius 2 is 1.87 bits per heavy atom. The van der Waals surface area contributed by atoms with Crippen LogP contribution in [0.3, 0.4) is 0 Å². The number of carbonyl (C=O) groups excluding carboxylic acids is 1. The number of hydrogen-bond acceptors (Lipinski definition) is 4. The topological polar surface area (TPSA) is 97.8 Å². The second-order valence-corrected chi connectivity index (χ2v) is 6.49. The summed E-state index contributed by atoms with van der Waals surface area (Å²) >= 11 is 0. The summed E-state index contributed by atoms with van der Waals surface area (Å²) in [5.41, 5.74) is 1.45. The van der Waals surface area contributed by atoms with Gasteiger partial charge in [0.25, 0.3) is 5.91 Å². The molecule has 0 aliphatic heterocycles. The Balaban J connectivity index is 1.61. The molecule has 1 amide bonds. The van der Waals surface area contributed by atoms with Crippen LogP contribution in [-0.4, -0.2) is 25.2 Å². The minimum Gasteiger partial charge on any atom is -0.406 e. The molecule has 5 aromatic rings. The third-order valence-corrected chi connectivity index (χ3v) is 4.61. The first-order chi connectivity index (χ1) is 14.6. The van der Waals surface area contributed by atoms with E-state index in [0.717, 1.165) is 0 Å². The Bertz CT molecular complexity index is 1430. The lowest BCUT2D eigenvalue weighted by molar-refractivity contribution is 0.102. The zero-order valence-electron chi connectivity index (χ0n) is 15.4. The van der Waals surface area contributed by atoms with Crippen LogP contribution in [0.5, 0.6) is 0 Å². The molecule has 0 bridgehead atoms. The van der Waals surface area contributed by atoms with E-state index in [9.17, 15) is 14.0 Å². The number of nitrogens with zero attached hydrogens (tertiary/aromatic N) is 3. The molecule has 0 spiro atoms. The summed E-state index contributed by atoms with van der Waals surface area (Å²) < 4.78 is 22.6. The molecule has 3 aromatic heterocycles. The molecular weight excluding hydrogens is 389 g/mol. The molecule has 0 atom stereocenters. The summed E-state index contributed by atoms with van der Waals surface area (Å²) in [5, 5.41) is 6.99. The van der Waals surface area contributed by atoms with E-state index in [1.54, 1.807) is 65.5 Å². The third kappa shape index (κ3) is 2.89. The molecule has 0 unspecified atom stereocenters. The third-order valence-electron chi connectivity index (χ3n) is 4.61. The number of oxazole rings is 1. The van der Waals surface area contributed by atoms with Crippen LogP contribution in [0.15, 0.2) is 82.4 Å². The van der Waals surface area contributed by atoms with Gasteiger partial charge in [0.15, 0.2) is 11.4 Å². The van der Waals surface area contributed by atoms with E-state index in [0.29, 0.717) is 17.0 Å². The first kappa shape index (κ1) is 17.7. The van der Waals surface area contributed by atoms with Crippen molar-refractivity contribution in [1.29, 1.82) is 0 Å². The number of H-pyrrole nitrogens is 1. The van der Waals surface area contributed by atoms with Crippen molar-refractivity contribution in [2.45, 2.75) is 0 Å². The van der Waals surface area contributed by atoms with Crippen LogP contribution in [0.2, 0.25) is 0 Å². The van der Waals surface area contributed by atoms with Crippen molar-refractivity contribution in [3.05, 3.63) is 95.1 Å². The normalized spacial score (nSPS) is 11.1. The smallest absolute Gasteiger partial charge is 0.406 e. The van der Waals surface area contributed by atoms with Gasteiger partial charge in [-0.25, -0.2) is 13.9 Å². The van der Waals surface area contributed by atoms with Gasteiger partial charge in [-0.1, -0.05) is 18.2 Å². The number of benzene rings is 2. The van der Waals surface area contributed by atoms with Gasteiger partial charge in [-0.05, 0) is 36.4 Å². The fourth-order valence-corrected chi connectivity index (χ4v) is 3.29. The second kappa shape index (κ2) is 6.89. The van der Waals surface area contributed by atoms with Crippen LogP contribution in [0.1, 0.15) is 10.4 Å². The summed E-state index contributed by atoms with van der Waals surface area (Å²) in [7, 11) is 0. The van der Waals surface area contributed by atoms with Gasteiger partial charge in [-0.2, -0.15) is 5.10 Å². The lowest BCUT2D eigenvalue weighted by Crippen LogP contribution is -2.15. The van der Waals surface area contributed by atoms with E-state index in [1.807, 2.05) is 0 Å². The predicted octanol–water partition coefficient (Wildman–Crippen LogP) is 3.49. The quantitative estimate of drug-likeness (QED) is 0.480. The first-order valence-electron chi connectivity index (χ1n) is 9.01. The highest BCUT2D eigenvalue weighted by molar-refractivity contribution is 6.09. The Kier molecular flexibility index (Phi) is 4.06. The molecule has 2 aromatic carbocycles. The van der Waals surface area contributed by atoms with Crippen molar-refractivity contribution < 1.29 is 13.6 Å². The van der Waals surface area contributed by atoms with Crippen molar-refractivity contribution in [1.82, 2.24) is 19.3 Å². The zero-order valence-corrected chi connectivity index (χ0v) is 15.4. The minimum absolute atomic E-state index is 0.207. The first-order valence-corrected chi connectivity index (χ1v) is 9.01. The fourth-order valence-electron chi connectivity index (χ4n) is 3.29. The van der Waals surface area contributed by atoms with E-state index in [2.05, 4.69) is 15.4 Å². The molecular formula is C21H14FN5O3. The van der Waals surface area contributed by atoms with E-state index in [-0.39, 0.29) is 16.8 Å². The number of fused-ring (bicyclic) bond motifs is 1. The molecule has 0 aliphatic carbocycles. The lowest BCUT2D eigenvalue weighted by atomic mass is 10.2. The number of aromatic nitrogens is 4. The van der Waals surface area contributed by atoms with Gasteiger partial charge in [0.2, 0.25) is 0 Å². The highest BCUT2D eigenvalue weighted by Crippen LogP contribution is 2.25. The fraction of sp³-hybridized carbons (Fsp3) is 0. The number of carbonyl (C=O) groups is 1.